The zero-order valence-corrected chi connectivity index (χ0v) is 13.1. The van der Waals surface area contributed by atoms with Crippen molar-refractivity contribution in [3.8, 4) is 11.5 Å². The summed E-state index contributed by atoms with van der Waals surface area (Å²) >= 11 is 0. The molecule has 0 bridgehead atoms. The van der Waals surface area contributed by atoms with E-state index in [0.717, 1.165) is 0 Å². The molecule has 0 radical (unpaired) electrons. The number of rotatable bonds is 4. The lowest BCUT2D eigenvalue weighted by atomic mass is 9.97. The quantitative estimate of drug-likeness (QED) is 0.690. The fourth-order valence-corrected chi connectivity index (χ4v) is 2.20. The van der Waals surface area contributed by atoms with Gasteiger partial charge in [0.1, 0.15) is 17.2 Å². The third kappa shape index (κ3) is 3.43. The van der Waals surface area contributed by atoms with Gasteiger partial charge in [-0.3, -0.25) is 5.43 Å². The molecule has 0 saturated carbocycles. The molecule has 1 atom stereocenters. The van der Waals surface area contributed by atoms with Gasteiger partial charge in [0.05, 0.1) is 0 Å². The number of benzene rings is 2. The Hall–Kier alpha value is -3.15. The van der Waals surface area contributed by atoms with Crippen molar-refractivity contribution in [2.45, 2.75) is 18.9 Å². The van der Waals surface area contributed by atoms with Gasteiger partial charge in [0.25, 0.3) is 0 Å². The molecule has 6 nitrogen and oxygen atoms in total. The van der Waals surface area contributed by atoms with Crippen LogP contribution in [0.4, 0.5) is 0 Å². The third-order valence-electron chi connectivity index (χ3n) is 3.55. The van der Waals surface area contributed by atoms with Crippen molar-refractivity contribution in [1.82, 2.24) is 5.43 Å². The number of nitrogens with one attached hydrogen (secondary N) is 1. The molecular formula is C18H16N2O4. The van der Waals surface area contributed by atoms with E-state index in [4.69, 9.17) is 9.47 Å². The number of carbonyl (C=O) groups excluding carboxylic acids is 2. The third-order valence-corrected chi connectivity index (χ3v) is 3.55. The normalized spacial score (nSPS) is 19.1. The molecule has 0 aromatic heterocycles. The van der Waals surface area contributed by atoms with Crippen LogP contribution in [0.1, 0.15) is 13.3 Å². The fourth-order valence-electron chi connectivity index (χ4n) is 2.20. The Bertz CT molecular complexity index is 774. The highest BCUT2D eigenvalue weighted by atomic mass is 16.5. The Labute approximate surface area is 139 Å². The average Bonchev–Trinajstić information content (AvgIpc) is 3.01. The van der Waals surface area contributed by atoms with E-state index in [1.165, 1.54) is 0 Å². The monoisotopic (exact) mass is 324 g/mol. The van der Waals surface area contributed by atoms with Crippen LogP contribution in [0, 0.1) is 0 Å². The van der Waals surface area contributed by atoms with Gasteiger partial charge in [-0.15, -0.1) is 0 Å². The minimum Gasteiger partial charge on any atom is -0.425 e. The van der Waals surface area contributed by atoms with Crippen molar-refractivity contribution in [2.75, 3.05) is 0 Å². The Morgan fingerprint density at radius 2 is 1.50 bits per heavy atom. The van der Waals surface area contributed by atoms with Crippen LogP contribution in [0.15, 0.2) is 65.8 Å². The number of esters is 2. The van der Waals surface area contributed by atoms with Gasteiger partial charge in [-0.05, 0) is 31.2 Å². The number of ether oxygens (including phenoxy) is 2. The summed E-state index contributed by atoms with van der Waals surface area (Å²) in [5.74, 6) is -0.249. The van der Waals surface area contributed by atoms with E-state index < -0.39 is 17.5 Å². The maximum absolute atomic E-state index is 12.4. The van der Waals surface area contributed by atoms with Gasteiger partial charge < -0.3 is 9.47 Å². The molecule has 0 saturated heterocycles. The highest BCUT2D eigenvalue weighted by Crippen LogP contribution is 2.22. The molecule has 0 amide bonds. The minimum atomic E-state index is -1.11. The smallest absolute Gasteiger partial charge is 0.359 e. The summed E-state index contributed by atoms with van der Waals surface area (Å²) in [6.45, 7) is 1.63. The molecule has 6 heteroatoms. The molecule has 0 aliphatic carbocycles. The fraction of sp³-hybridized carbons (Fsp3) is 0.167. The lowest BCUT2D eigenvalue weighted by Gasteiger charge is -2.20. The van der Waals surface area contributed by atoms with Crippen LogP contribution in [0.3, 0.4) is 0 Å². The summed E-state index contributed by atoms with van der Waals surface area (Å²) < 4.78 is 10.5. The molecule has 2 aromatic carbocycles. The summed E-state index contributed by atoms with van der Waals surface area (Å²) in [6.07, 6.45) is 0.0876. The van der Waals surface area contributed by atoms with E-state index in [9.17, 15) is 9.59 Å². The van der Waals surface area contributed by atoms with Crippen LogP contribution in [0.5, 0.6) is 11.5 Å². The summed E-state index contributed by atoms with van der Waals surface area (Å²) in [4.78, 5) is 24.5. The zero-order chi connectivity index (χ0) is 17.0. The van der Waals surface area contributed by atoms with Gasteiger partial charge in [-0.2, -0.15) is 5.10 Å². The molecule has 1 N–H and O–H groups in total. The van der Waals surface area contributed by atoms with E-state index in [1.54, 1.807) is 55.5 Å². The van der Waals surface area contributed by atoms with E-state index in [2.05, 4.69) is 10.5 Å². The van der Waals surface area contributed by atoms with Gasteiger partial charge in [-0.25, -0.2) is 9.59 Å². The molecular weight excluding hydrogens is 308 g/mol. The summed E-state index contributed by atoms with van der Waals surface area (Å²) in [7, 11) is 0. The van der Waals surface area contributed by atoms with Crippen molar-refractivity contribution >= 4 is 17.7 Å². The number of hydrazone groups is 1. The molecule has 3 rings (SSSR count). The molecule has 0 fully saturated rings. The molecule has 1 heterocycles. The topological polar surface area (TPSA) is 77.0 Å². The molecule has 1 aliphatic rings. The highest BCUT2D eigenvalue weighted by molar-refractivity contribution is 6.38. The zero-order valence-electron chi connectivity index (χ0n) is 13.1. The van der Waals surface area contributed by atoms with Crippen molar-refractivity contribution in [2.24, 2.45) is 5.10 Å². The first-order valence-corrected chi connectivity index (χ1v) is 7.45. The summed E-state index contributed by atoms with van der Waals surface area (Å²) in [5, 5.41) is 3.94. The van der Waals surface area contributed by atoms with Crippen molar-refractivity contribution in [3.05, 3.63) is 60.7 Å². The van der Waals surface area contributed by atoms with Crippen LogP contribution >= 0.6 is 0 Å². The van der Waals surface area contributed by atoms with Crippen LogP contribution in [0.25, 0.3) is 0 Å². The predicted molar refractivity (Wildman–Crippen MR) is 87.7 cm³/mol. The largest absolute Gasteiger partial charge is 0.425 e. The first-order valence-electron chi connectivity index (χ1n) is 7.45. The minimum absolute atomic E-state index is 0.0876. The number of hydrogen-bond acceptors (Lipinski definition) is 6. The van der Waals surface area contributed by atoms with E-state index in [1.807, 2.05) is 12.1 Å². The summed E-state index contributed by atoms with van der Waals surface area (Å²) in [6, 6.07) is 17.4. The van der Waals surface area contributed by atoms with Crippen LogP contribution < -0.4 is 14.9 Å². The number of nitrogens with zero attached hydrogens (tertiary/aromatic N) is 1. The van der Waals surface area contributed by atoms with Gasteiger partial charge in [0, 0.05) is 6.42 Å². The first-order chi connectivity index (χ1) is 11.6. The Kier molecular flexibility index (Phi) is 4.29. The Morgan fingerprint density at radius 1 is 0.958 bits per heavy atom. The van der Waals surface area contributed by atoms with Gasteiger partial charge >= 0.3 is 11.9 Å². The van der Waals surface area contributed by atoms with Crippen LogP contribution in [-0.2, 0) is 9.59 Å². The Morgan fingerprint density at radius 3 is 2.08 bits per heavy atom. The molecule has 1 unspecified atom stereocenters. The second-order valence-corrected chi connectivity index (χ2v) is 5.58. The van der Waals surface area contributed by atoms with Crippen molar-refractivity contribution < 1.29 is 19.1 Å². The highest BCUT2D eigenvalue weighted by Gasteiger charge is 2.43. The maximum atomic E-state index is 12.4. The number of carbonyl (C=O) groups is 2. The van der Waals surface area contributed by atoms with Gasteiger partial charge in [-0.1, -0.05) is 36.4 Å². The molecule has 0 spiro atoms. The number of para-hydroxylation sites is 2. The molecule has 122 valence electrons. The standard InChI is InChI=1S/C18H16N2O4/c1-18(17(22)24-14-10-6-3-7-11-14)12-15(19-20-18)16(21)23-13-8-4-2-5-9-13/h2-11,20H,12H2,1H3. The second kappa shape index (κ2) is 6.54. The molecule has 24 heavy (non-hydrogen) atoms. The van der Waals surface area contributed by atoms with E-state index in [-0.39, 0.29) is 12.1 Å². The predicted octanol–water partition coefficient (Wildman–Crippen LogP) is 2.31. The maximum Gasteiger partial charge on any atom is 0.359 e. The van der Waals surface area contributed by atoms with E-state index >= 15 is 0 Å². The van der Waals surface area contributed by atoms with Crippen molar-refractivity contribution in [1.29, 1.82) is 0 Å². The van der Waals surface area contributed by atoms with Crippen molar-refractivity contribution in [3.63, 3.8) is 0 Å². The summed E-state index contributed by atoms with van der Waals surface area (Å²) in [5.41, 5.74) is 1.72. The lowest BCUT2D eigenvalue weighted by molar-refractivity contribution is -0.140. The van der Waals surface area contributed by atoms with Crippen LogP contribution in [0.2, 0.25) is 0 Å². The van der Waals surface area contributed by atoms with Gasteiger partial charge in [0.15, 0.2) is 5.54 Å². The molecule has 2 aromatic rings. The molecule has 1 aliphatic heterocycles. The van der Waals surface area contributed by atoms with Crippen LogP contribution in [-0.4, -0.2) is 23.2 Å². The SMILES string of the molecule is CC1(C(=O)Oc2ccccc2)CC(C(=O)Oc2ccccc2)=NN1. The van der Waals surface area contributed by atoms with E-state index in [0.29, 0.717) is 11.5 Å². The number of hydrogen-bond donors (Lipinski definition) is 1. The lowest BCUT2D eigenvalue weighted by Crippen LogP contribution is -2.47. The average molecular weight is 324 g/mol. The Balaban J connectivity index is 1.62. The van der Waals surface area contributed by atoms with Gasteiger partial charge in [0.2, 0.25) is 0 Å². The second-order valence-electron chi connectivity index (χ2n) is 5.58. The first kappa shape index (κ1) is 15.7.